The smallest absolute Gasteiger partial charge is 0.123 e. The molecular weight excluding hydrogens is 307 g/mol. The maximum Gasteiger partial charge on any atom is 0.123 e. The topological polar surface area (TPSA) is 20.2 Å². The molecule has 0 saturated heterocycles. The molecule has 0 atom stereocenters. The fourth-order valence-electron chi connectivity index (χ4n) is 2.63. The highest BCUT2D eigenvalue weighted by molar-refractivity contribution is 7.98. The fraction of sp³-hybridized carbons (Fsp3) is 0.400. The number of aliphatic hydroxyl groups excluding tert-OH is 1. The summed E-state index contributed by atoms with van der Waals surface area (Å²) in [5.41, 5.74) is 4.79. The molecule has 0 unspecified atom stereocenters. The van der Waals surface area contributed by atoms with Gasteiger partial charge >= 0.3 is 0 Å². The van der Waals surface area contributed by atoms with Crippen LogP contribution < -0.4 is 0 Å². The number of thioether (sulfide) groups is 1. The van der Waals surface area contributed by atoms with Crippen molar-refractivity contribution in [3.63, 3.8) is 0 Å². The molecule has 0 heterocycles. The minimum absolute atomic E-state index is 0.0551. The summed E-state index contributed by atoms with van der Waals surface area (Å²) in [6, 6.07) is 11.0. The summed E-state index contributed by atoms with van der Waals surface area (Å²) in [6.45, 7) is 8.78. The van der Waals surface area contributed by atoms with Gasteiger partial charge in [-0.3, -0.25) is 0 Å². The Morgan fingerprint density at radius 1 is 1.00 bits per heavy atom. The summed E-state index contributed by atoms with van der Waals surface area (Å²) in [4.78, 5) is 1.04. The predicted molar refractivity (Wildman–Crippen MR) is 96.5 cm³/mol. The maximum atomic E-state index is 13.0. The van der Waals surface area contributed by atoms with Crippen LogP contribution in [-0.4, -0.2) is 5.11 Å². The molecular formula is C20H25FOS. The van der Waals surface area contributed by atoms with Crippen molar-refractivity contribution < 1.29 is 9.50 Å². The van der Waals surface area contributed by atoms with Crippen LogP contribution in [0, 0.1) is 5.82 Å². The Labute approximate surface area is 142 Å². The van der Waals surface area contributed by atoms with Crippen LogP contribution in [0.25, 0.3) is 0 Å². The molecule has 0 fully saturated rings. The molecule has 1 nitrogen and oxygen atoms in total. The minimum Gasteiger partial charge on any atom is -0.392 e. The van der Waals surface area contributed by atoms with Crippen LogP contribution in [0.15, 0.2) is 41.3 Å². The Balaban J connectivity index is 2.33. The van der Waals surface area contributed by atoms with Crippen molar-refractivity contribution in [2.24, 2.45) is 0 Å². The second kappa shape index (κ2) is 7.98. The van der Waals surface area contributed by atoms with Crippen molar-refractivity contribution in [2.45, 2.75) is 56.8 Å². The highest BCUT2D eigenvalue weighted by Crippen LogP contribution is 2.33. The summed E-state index contributed by atoms with van der Waals surface area (Å²) < 4.78 is 13.0. The fourth-order valence-corrected chi connectivity index (χ4v) is 3.63. The van der Waals surface area contributed by atoms with E-state index in [9.17, 15) is 9.50 Å². The van der Waals surface area contributed by atoms with Gasteiger partial charge in [0.05, 0.1) is 6.61 Å². The molecule has 0 amide bonds. The van der Waals surface area contributed by atoms with Crippen LogP contribution in [0.2, 0.25) is 0 Å². The summed E-state index contributed by atoms with van der Waals surface area (Å²) >= 11 is 1.68. The first-order valence-electron chi connectivity index (χ1n) is 8.07. The molecule has 124 valence electrons. The first-order chi connectivity index (χ1) is 10.9. The quantitative estimate of drug-likeness (QED) is 0.669. The van der Waals surface area contributed by atoms with Gasteiger partial charge < -0.3 is 5.11 Å². The van der Waals surface area contributed by atoms with Gasteiger partial charge in [-0.05, 0) is 58.4 Å². The average Bonchev–Trinajstić information content (AvgIpc) is 2.53. The van der Waals surface area contributed by atoms with Crippen LogP contribution in [0.5, 0.6) is 0 Å². The Morgan fingerprint density at radius 2 is 1.65 bits per heavy atom. The number of benzene rings is 2. The number of aliphatic hydroxyl groups is 1. The molecule has 2 rings (SSSR count). The molecule has 0 aliphatic heterocycles. The summed E-state index contributed by atoms with van der Waals surface area (Å²) in [6.07, 6.45) is 0. The lowest BCUT2D eigenvalue weighted by Gasteiger charge is -2.20. The second-order valence-electron chi connectivity index (χ2n) is 6.46. The Bertz CT molecular complexity index is 647. The van der Waals surface area contributed by atoms with Crippen molar-refractivity contribution in [3.8, 4) is 0 Å². The third-order valence-electron chi connectivity index (χ3n) is 4.05. The van der Waals surface area contributed by atoms with Gasteiger partial charge in [0, 0.05) is 10.6 Å². The molecule has 1 N–H and O–H groups in total. The second-order valence-corrected chi connectivity index (χ2v) is 7.51. The Kier molecular flexibility index (Phi) is 6.25. The summed E-state index contributed by atoms with van der Waals surface area (Å²) in [5.74, 6) is 1.42. The zero-order chi connectivity index (χ0) is 17.0. The van der Waals surface area contributed by atoms with Gasteiger partial charge in [-0.15, -0.1) is 11.8 Å². The highest BCUT2D eigenvalue weighted by atomic mass is 32.2. The molecule has 2 aromatic carbocycles. The largest absolute Gasteiger partial charge is 0.392 e. The molecule has 0 aromatic heterocycles. The van der Waals surface area contributed by atoms with Gasteiger partial charge in [-0.25, -0.2) is 4.39 Å². The van der Waals surface area contributed by atoms with Gasteiger partial charge in [0.15, 0.2) is 0 Å². The van der Waals surface area contributed by atoms with Gasteiger partial charge in [-0.1, -0.05) is 39.8 Å². The van der Waals surface area contributed by atoms with Gasteiger partial charge in [0.25, 0.3) is 0 Å². The van der Waals surface area contributed by atoms with Crippen LogP contribution in [0.1, 0.15) is 61.8 Å². The van der Waals surface area contributed by atoms with Crippen LogP contribution in [0.4, 0.5) is 4.39 Å². The monoisotopic (exact) mass is 332 g/mol. The zero-order valence-corrected chi connectivity index (χ0v) is 15.1. The van der Waals surface area contributed by atoms with E-state index in [0.717, 1.165) is 16.2 Å². The molecule has 0 saturated carbocycles. The number of rotatable bonds is 6. The van der Waals surface area contributed by atoms with E-state index >= 15 is 0 Å². The highest BCUT2D eigenvalue weighted by Gasteiger charge is 2.15. The van der Waals surface area contributed by atoms with E-state index in [4.69, 9.17) is 0 Å². The number of halogens is 1. The first kappa shape index (κ1) is 18.0. The van der Waals surface area contributed by atoms with Crippen molar-refractivity contribution in [1.29, 1.82) is 0 Å². The van der Waals surface area contributed by atoms with E-state index in [1.165, 1.54) is 28.8 Å². The van der Waals surface area contributed by atoms with Crippen molar-refractivity contribution in [1.82, 2.24) is 0 Å². The normalized spacial score (nSPS) is 11.5. The predicted octanol–water partition coefficient (Wildman–Crippen LogP) is 5.86. The Morgan fingerprint density at radius 3 is 2.17 bits per heavy atom. The van der Waals surface area contributed by atoms with Crippen molar-refractivity contribution in [2.75, 3.05) is 0 Å². The van der Waals surface area contributed by atoms with Gasteiger partial charge in [0.1, 0.15) is 5.82 Å². The zero-order valence-electron chi connectivity index (χ0n) is 14.3. The third-order valence-corrected chi connectivity index (χ3v) is 5.09. The minimum atomic E-state index is -0.213. The Hall–Kier alpha value is -1.32. The lowest BCUT2D eigenvalue weighted by atomic mass is 9.89. The van der Waals surface area contributed by atoms with E-state index in [1.54, 1.807) is 23.9 Å². The molecule has 3 heteroatoms. The molecule has 0 aliphatic carbocycles. The van der Waals surface area contributed by atoms with Gasteiger partial charge in [0.2, 0.25) is 0 Å². The van der Waals surface area contributed by atoms with Crippen LogP contribution in [0.3, 0.4) is 0 Å². The van der Waals surface area contributed by atoms with Crippen LogP contribution >= 0.6 is 11.8 Å². The molecule has 0 spiro atoms. The number of hydrogen-bond donors (Lipinski definition) is 1. The van der Waals surface area contributed by atoms with Crippen molar-refractivity contribution >= 4 is 11.8 Å². The van der Waals surface area contributed by atoms with E-state index in [1.807, 2.05) is 0 Å². The lowest BCUT2D eigenvalue weighted by Crippen LogP contribution is -2.04. The third kappa shape index (κ3) is 4.58. The SMILES string of the molecule is CC(C)c1cc(CO)c(CSc2ccc(F)cc2)c(C(C)C)c1. The van der Waals surface area contributed by atoms with E-state index in [0.29, 0.717) is 11.8 Å². The van der Waals surface area contributed by atoms with Crippen molar-refractivity contribution in [3.05, 3.63) is 64.5 Å². The molecule has 0 radical (unpaired) electrons. The van der Waals surface area contributed by atoms with E-state index in [-0.39, 0.29) is 12.4 Å². The standard InChI is InChI=1S/C20H25FOS/c1-13(2)15-9-16(11-22)20(19(10-15)14(3)4)12-23-18-7-5-17(21)6-8-18/h5-10,13-14,22H,11-12H2,1-4H3. The summed E-state index contributed by atoms with van der Waals surface area (Å²) in [7, 11) is 0. The molecule has 2 aromatic rings. The summed E-state index contributed by atoms with van der Waals surface area (Å²) in [5, 5.41) is 9.81. The van der Waals surface area contributed by atoms with Gasteiger partial charge in [-0.2, -0.15) is 0 Å². The molecule has 23 heavy (non-hydrogen) atoms. The maximum absolute atomic E-state index is 13.0. The molecule has 0 bridgehead atoms. The van der Waals surface area contributed by atoms with Crippen LogP contribution in [-0.2, 0) is 12.4 Å². The first-order valence-corrected chi connectivity index (χ1v) is 9.05. The number of hydrogen-bond acceptors (Lipinski definition) is 2. The van der Waals surface area contributed by atoms with E-state index < -0.39 is 0 Å². The van der Waals surface area contributed by atoms with E-state index in [2.05, 4.69) is 39.8 Å². The average molecular weight is 332 g/mol. The molecule has 0 aliphatic rings. The lowest BCUT2D eigenvalue weighted by molar-refractivity contribution is 0.280.